The predicted octanol–water partition coefficient (Wildman–Crippen LogP) is 3.53. The van der Waals surface area contributed by atoms with Gasteiger partial charge in [-0.15, -0.1) is 0 Å². The fourth-order valence-corrected chi connectivity index (χ4v) is 4.44. The van der Waals surface area contributed by atoms with E-state index >= 15 is 0 Å². The number of rotatable bonds is 9. The van der Waals surface area contributed by atoms with Gasteiger partial charge in [0.1, 0.15) is 0 Å². The Morgan fingerprint density at radius 1 is 0.897 bits per heavy atom. The summed E-state index contributed by atoms with van der Waals surface area (Å²) in [6, 6.07) is 19.5. The molecule has 1 aromatic heterocycles. The topological polar surface area (TPSA) is 68.7 Å². The highest BCUT2D eigenvalue weighted by atomic mass is 32.2. The van der Waals surface area contributed by atoms with Crippen LogP contribution in [0.15, 0.2) is 77.8 Å². The van der Waals surface area contributed by atoms with Crippen molar-refractivity contribution >= 4 is 10.0 Å². The maximum absolute atomic E-state index is 13.3. The monoisotopic (exact) mass is 412 g/mol. The minimum absolute atomic E-state index is 0.213. The second-order valence-corrected chi connectivity index (χ2v) is 8.35. The van der Waals surface area contributed by atoms with Gasteiger partial charge in [-0.3, -0.25) is 4.98 Å². The van der Waals surface area contributed by atoms with Gasteiger partial charge >= 0.3 is 0 Å². The number of pyridine rings is 1. The smallest absolute Gasteiger partial charge is 0.243 e. The number of methoxy groups -OCH3 is 2. The van der Waals surface area contributed by atoms with Crippen LogP contribution < -0.4 is 9.47 Å². The van der Waals surface area contributed by atoms with E-state index in [-0.39, 0.29) is 11.4 Å². The van der Waals surface area contributed by atoms with E-state index in [1.54, 1.807) is 62.9 Å². The predicted molar refractivity (Wildman–Crippen MR) is 112 cm³/mol. The number of ether oxygens (including phenoxy) is 2. The normalized spacial score (nSPS) is 11.4. The molecule has 0 radical (unpaired) electrons. The van der Waals surface area contributed by atoms with E-state index in [9.17, 15) is 8.42 Å². The fraction of sp³-hybridized carbons (Fsp3) is 0.227. The zero-order chi connectivity index (χ0) is 20.7. The molecule has 0 bridgehead atoms. The summed E-state index contributed by atoms with van der Waals surface area (Å²) in [6.07, 6.45) is 2.22. The Balaban J connectivity index is 1.90. The van der Waals surface area contributed by atoms with Crippen molar-refractivity contribution in [1.29, 1.82) is 0 Å². The molecular weight excluding hydrogens is 388 g/mol. The molecule has 0 unspecified atom stereocenters. The number of sulfonamides is 1. The van der Waals surface area contributed by atoms with E-state index in [1.807, 2.05) is 24.3 Å². The molecule has 6 nitrogen and oxygen atoms in total. The Hall–Kier alpha value is -2.90. The van der Waals surface area contributed by atoms with Crippen molar-refractivity contribution in [3.63, 3.8) is 0 Å². The quantitative estimate of drug-likeness (QED) is 0.538. The highest BCUT2D eigenvalue weighted by Crippen LogP contribution is 2.29. The second kappa shape index (κ2) is 9.54. The van der Waals surface area contributed by atoms with Crippen LogP contribution in [0.5, 0.6) is 11.5 Å². The lowest BCUT2D eigenvalue weighted by molar-refractivity contribution is 0.353. The van der Waals surface area contributed by atoms with Crippen molar-refractivity contribution in [3.8, 4) is 11.5 Å². The summed E-state index contributed by atoms with van der Waals surface area (Å²) in [5.41, 5.74) is 1.65. The third-order valence-corrected chi connectivity index (χ3v) is 6.39. The number of aromatic nitrogens is 1. The van der Waals surface area contributed by atoms with Crippen LogP contribution in [-0.2, 0) is 23.0 Å². The molecule has 0 saturated heterocycles. The highest BCUT2D eigenvalue weighted by Gasteiger charge is 2.25. The van der Waals surface area contributed by atoms with Gasteiger partial charge in [0, 0.05) is 31.4 Å². The molecular formula is C22H24N2O4S. The van der Waals surface area contributed by atoms with Gasteiger partial charge < -0.3 is 9.47 Å². The molecule has 0 N–H and O–H groups in total. The Morgan fingerprint density at radius 2 is 1.62 bits per heavy atom. The highest BCUT2D eigenvalue weighted by molar-refractivity contribution is 7.89. The van der Waals surface area contributed by atoms with Crippen molar-refractivity contribution in [2.75, 3.05) is 20.8 Å². The minimum Gasteiger partial charge on any atom is -0.493 e. The van der Waals surface area contributed by atoms with Crippen molar-refractivity contribution in [2.45, 2.75) is 17.9 Å². The first-order valence-electron chi connectivity index (χ1n) is 9.20. The van der Waals surface area contributed by atoms with E-state index in [4.69, 9.17) is 9.47 Å². The van der Waals surface area contributed by atoms with Crippen molar-refractivity contribution in [1.82, 2.24) is 9.29 Å². The van der Waals surface area contributed by atoms with Gasteiger partial charge in [-0.25, -0.2) is 8.42 Å². The van der Waals surface area contributed by atoms with Crippen LogP contribution in [-0.4, -0.2) is 38.5 Å². The van der Waals surface area contributed by atoms with Gasteiger partial charge in [0.15, 0.2) is 11.5 Å². The van der Waals surface area contributed by atoms with Crippen LogP contribution in [0, 0.1) is 0 Å². The van der Waals surface area contributed by atoms with Gasteiger partial charge in [0.2, 0.25) is 10.0 Å². The maximum atomic E-state index is 13.3. The third kappa shape index (κ3) is 5.13. The molecule has 152 valence electrons. The van der Waals surface area contributed by atoms with Crippen molar-refractivity contribution in [3.05, 3.63) is 84.2 Å². The third-order valence-electron chi connectivity index (χ3n) is 4.53. The molecule has 29 heavy (non-hydrogen) atoms. The molecule has 0 aliphatic heterocycles. The average Bonchev–Trinajstić information content (AvgIpc) is 2.77. The van der Waals surface area contributed by atoms with E-state index in [2.05, 4.69) is 4.98 Å². The van der Waals surface area contributed by atoms with E-state index < -0.39 is 10.0 Å². The SMILES string of the molecule is COc1ccc(CN(CCc2ccccn2)S(=O)(=O)c2ccccc2)cc1OC. The lowest BCUT2D eigenvalue weighted by Gasteiger charge is -2.23. The van der Waals surface area contributed by atoms with Crippen LogP contribution in [0.3, 0.4) is 0 Å². The average molecular weight is 413 g/mol. The van der Waals surface area contributed by atoms with Crippen LogP contribution in [0.4, 0.5) is 0 Å². The zero-order valence-corrected chi connectivity index (χ0v) is 17.3. The molecule has 0 atom stereocenters. The Kier molecular flexibility index (Phi) is 6.85. The van der Waals surface area contributed by atoms with Gasteiger partial charge in [-0.1, -0.05) is 30.3 Å². The lowest BCUT2D eigenvalue weighted by Crippen LogP contribution is -2.32. The Bertz CT molecular complexity index is 1030. The number of hydrogen-bond acceptors (Lipinski definition) is 5. The second-order valence-electron chi connectivity index (χ2n) is 6.41. The maximum Gasteiger partial charge on any atom is 0.243 e. The molecule has 1 heterocycles. The Labute approximate surface area is 171 Å². The first-order valence-corrected chi connectivity index (χ1v) is 10.6. The molecule has 0 aliphatic carbocycles. The summed E-state index contributed by atoms with van der Waals surface area (Å²) in [5.74, 6) is 1.16. The van der Waals surface area contributed by atoms with Gasteiger partial charge in [0.05, 0.1) is 19.1 Å². The summed E-state index contributed by atoms with van der Waals surface area (Å²) >= 11 is 0. The molecule has 3 aromatic rings. The van der Waals surface area contributed by atoms with E-state index in [1.165, 1.54) is 4.31 Å². The molecule has 7 heteroatoms. The molecule has 0 amide bonds. The summed E-state index contributed by atoms with van der Waals surface area (Å²) in [4.78, 5) is 4.57. The summed E-state index contributed by atoms with van der Waals surface area (Å²) in [7, 11) is -0.548. The van der Waals surface area contributed by atoms with E-state index in [0.717, 1.165) is 11.3 Å². The largest absolute Gasteiger partial charge is 0.493 e. The Morgan fingerprint density at radius 3 is 2.28 bits per heavy atom. The lowest BCUT2D eigenvalue weighted by atomic mass is 10.2. The summed E-state index contributed by atoms with van der Waals surface area (Å²) in [5, 5.41) is 0. The zero-order valence-electron chi connectivity index (χ0n) is 16.5. The standard InChI is InChI=1S/C22H24N2O4S/c1-27-21-12-11-18(16-22(21)28-2)17-24(15-13-19-8-6-7-14-23-19)29(25,26)20-9-4-3-5-10-20/h3-12,14,16H,13,15,17H2,1-2H3. The van der Waals surface area contributed by atoms with Gasteiger partial charge in [0.25, 0.3) is 0 Å². The van der Waals surface area contributed by atoms with Gasteiger partial charge in [-0.05, 0) is 42.0 Å². The first-order chi connectivity index (χ1) is 14.0. The van der Waals surface area contributed by atoms with Gasteiger partial charge in [-0.2, -0.15) is 4.31 Å². The molecule has 2 aromatic carbocycles. The summed E-state index contributed by atoms with van der Waals surface area (Å²) in [6.45, 7) is 0.521. The molecule has 0 spiro atoms. The van der Waals surface area contributed by atoms with Crippen LogP contribution >= 0.6 is 0 Å². The number of benzene rings is 2. The van der Waals surface area contributed by atoms with Crippen LogP contribution in [0.2, 0.25) is 0 Å². The first kappa shape index (κ1) is 20.8. The fourth-order valence-electron chi connectivity index (χ4n) is 2.99. The van der Waals surface area contributed by atoms with E-state index in [0.29, 0.717) is 24.5 Å². The molecule has 3 rings (SSSR count). The number of hydrogen-bond donors (Lipinski definition) is 0. The molecule has 0 aliphatic rings. The number of nitrogens with zero attached hydrogens (tertiary/aromatic N) is 2. The molecule has 0 saturated carbocycles. The van der Waals surface area contributed by atoms with Crippen LogP contribution in [0.25, 0.3) is 0 Å². The molecule has 0 fully saturated rings. The summed E-state index contributed by atoms with van der Waals surface area (Å²) < 4.78 is 38.7. The minimum atomic E-state index is -3.67. The van der Waals surface area contributed by atoms with Crippen LogP contribution in [0.1, 0.15) is 11.3 Å². The van der Waals surface area contributed by atoms with Crippen molar-refractivity contribution < 1.29 is 17.9 Å². The van der Waals surface area contributed by atoms with Crippen molar-refractivity contribution in [2.24, 2.45) is 0 Å².